The fourth-order valence-corrected chi connectivity index (χ4v) is 2.69. The Morgan fingerprint density at radius 2 is 1.92 bits per heavy atom. The van der Waals surface area contributed by atoms with E-state index in [1.165, 1.54) is 18.2 Å². The number of halogens is 1. The fourth-order valence-electron chi connectivity index (χ4n) is 2.48. The van der Waals surface area contributed by atoms with E-state index in [1.807, 2.05) is 43.9 Å². The van der Waals surface area contributed by atoms with Crippen molar-refractivity contribution >= 4 is 34.4 Å². The summed E-state index contributed by atoms with van der Waals surface area (Å²) in [4.78, 5) is 12.2. The molecule has 0 N–H and O–H groups in total. The zero-order valence-corrected chi connectivity index (χ0v) is 15.4. The smallest absolute Gasteiger partial charge is 0.271 e. The average Bonchev–Trinajstić information content (AvgIpc) is 2.62. The van der Waals surface area contributed by atoms with Crippen LogP contribution in [-0.4, -0.2) is 17.5 Å². The van der Waals surface area contributed by atoms with Gasteiger partial charge in [0.2, 0.25) is 0 Å². The lowest BCUT2D eigenvalue weighted by Gasteiger charge is -2.26. The highest BCUT2D eigenvalue weighted by Gasteiger charge is 2.13. The molecular weight excluding hydrogens is 354 g/mol. The summed E-state index contributed by atoms with van der Waals surface area (Å²) in [6.45, 7) is 6.46. The van der Waals surface area contributed by atoms with Crippen molar-refractivity contribution in [2.45, 2.75) is 26.8 Å². The van der Waals surface area contributed by atoms with E-state index < -0.39 is 4.92 Å². The Balaban J connectivity index is 2.27. The number of hydrogen-bond acceptors (Lipinski definition) is 6. The molecule has 8 heteroatoms. The van der Waals surface area contributed by atoms with Crippen molar-refractivity contribution in [2.24, 2.45) is 10.2 Å². The number of benzene rings is 2. The SMILES string of the molecule is CCN(c1ccc(/N=N/c2ccc([N+](=O)[O-])cc2Cl)c(C)c1)C(C)C#N. The lowest BCUT2D eigenvalue weighted by molar-refractivity contribution is -0.384. The van der Waals surface area contributed by atoms with Crippen molar-refractivity contribution in [3.63, 3.8) is 0 Å². The zero-order valence-electron chi connectivity index (χ0n) is 14.7. The highest BCUT2D eigenvalue weighted by atomic mass is 35.5. The van der Waals surface area contributed by atoms with Crippen LogP contribution >= 0.6 is 11.6 Å². The van der Waals surface area contributed by atoms with Crippen LogP contribution in [0.3, 0.4) is 0 Å². The number of hydrogen-bond donors (Lipinski definition) is 0. The molecule has 0 aliphatic heterocycles. The van der Waals surface area contributed by atoms with E-state index in [-0.39, 0.29) is 16.8 Å². The number of rotatable bonds is 6. The van der Waals surface area contributed by atoms with E-state index in [9.17, 15) is 10.1 Å². The maximum atomic E-state index is 10.7. The molecule has 0 saturated carbocycles. The van der Waals surface area contributed by atoms with Gasteiger partial charge in [-0.3, -0.25) is 10.1 Å². The van der Waals surface area contributed by atoms with Gasteiger partial charge >= 0.3 is 0 Å². The van der Waals surface area contributed by atoms with Crippen molar-refractivity contribution < 1.29 is 4.92 Å². The number of anilines is 1. The Morgan fingerprint density at radius 1 is 1.27 bits per heavy atom. The summed E-state index contributed by atoms with van der Waals surface area (Å²) in [5, 5.41) is 28.3. The molecule has 1 atom stereocenters. The predicted molar refractivity (Wildman–Crippen MR) is 102 cm³/mol. The molecule has 0 amide bonds. The van der Waals surface area contributed by atoms with Gasteiger partial charge in [-0.1, -0.05) is 11.6 Å². The summed E-state index contributed by atoms with van der Waals surface area (Å²) >= 11 is 6.02. The molecule has 2 aromatic carbocycles. The lowest BCUT2D eigenvalue weighted by atomic mass is 10.1. The quantitative estimate of drug-likeness (QED) is 0.369. The minimum absolute atomic E-state index is 0.0965. The molecular formula is C18H18ClN5O2. The normalized spacial score (nSPS) is 12.0. The Morgan fingerprint density at radius 3 is 2.46 bits per heavy atom. The molecule has 0 aliphatic rings. The molecule has 2 aromatic rings. The van der Waals surface area contributed by atoms with Gasteiger partial charge in [-0.15, -0.1) is 5.11 Å². The van der Waals surface area contributed by atoms with Crippen molar-refractivity contribution in [1.29, 1.82) is 5.26 Å². The molecule has 0 radical (unpaired) electrons. The summed E-state index contributed by atoms with van der Waals surface area (Å²) in [6, 6.07) is 11.7. The first-order valence-corrected chi connectivity index (χ1v) is 8.37. The maximum absolute atomic E-state index is 10.7. The molecule has 1 unspecified atom stereocenters. The molecule has 0 aliphatic carbocycles. The summed E-state index contributed by atoms with van der Waals surface area (Å²) in [7, 11) is 0. The van der Waals surface area contributed by atoms with Crippen LogP contribution in [0.25, 0.3) is 0 Å². The Bertz CT molecular complexity index is 892. The number of aryl methyl sites for hydroxylation is 1. The van der Waals surface area contributed by atoms with Crippen LogP contribution in [0.15, 0.2) is 46.6 Å². The fraction of sp³-hybridized carbons (Fsp3) is 0.278. The Hall–Kier alpha value is -2.98. The zero-order chi connectivity index (χ0) is 19.3. The molecule has 134 valence electrons. The number of azo groups is 1. The summed E-state index contributed by atoms with van der Waals surface area (Å²) < 4.78 is 0. The van der Waals surface area contributed by atoms with Gasteiger partial charge in [-0.25, -0.2) is 0 Å². The standard InChI is InChI=1S/C18H18ClN5O2/c1-4-23(13(3)11-20)14-5-7-17(12(2)9-14)21-22-18-8-6-15(24(25)26)10-16(18)19/h5-10,13H,4H2,1-3H3/b22-21+. The van der Waals surface area contributed by atoms with E-state index in [0.29, 0.717) is 17.9 Å². The summed E-state index contributed by atoms with van der Waals surface area (Å²) in [6.07, 6.45) is 0. The average molecular weight is 372 g/mol. The van der Waals surface area contributed by atoms with Crippen LogP contribution in [0.5, 0.6) is 0 Å². The number of nitro groups is 1. The topological polar surface area (TPSA) is 94.9 Å². The first-order valence-electron chi connectivity index (χ1n) is 8.00. The first kappa shape index (κ1) is 19.3. The van der Waals surface area contributed by atoms with Crippen LogP contribution in [0.4, 0.5) is 22.7 Å². The third-order valence-corrected chi connectivity index (χ3v) is 4.22. The lowest BCUT2D eigenvalue weighted by Crippen LogP contribution is -2.31. The third-order valence-electron chi connectivity index (χ3n) is 3.91. The molecule has 7 nitrogen and oxygen atoms in total. The van der Waals surface area contributed by atoms with E-state index in [4.69, 9.17) is 16.9 Å². The summed E-state index contributed by atoms with van der Waals surface area (Å²) in [5.74, 6) is 0. The minimum atomic E-state index is -0.516. The highest BCUT2D eigenvalue weighted by molar-refractivity contribution is 6.33. The van der Waals surface area contributed by atoms with Crippen molar-refractivity contribution in [1.82, 2.24) is 0 Å². The van der Waals surface area contributed by atoms with Crippen molar-refractivity contribution in [3.8, 4) is 6.07 Å². The number of nitro benzene ring substituents is 1. The maximum Gasteiger partial charge on any atom is 0.271 e. The molecule has 0 aromatic heterocycles. The van der Waals surface area contributed by atoms with E-state index in [0.717, 1.165) is 11.3 Å². The van der Waals surface area contributed by atoms with Crippen LogP contribution in [0.1, 0.15) is 19.4 Å². The van der Waals surface area contributed by atoms with Gasteiger partial charge < -0.3 is 4.90 Å². The minimum Gasteiger partial charge on any atom is -0.356 e. The number of nitriles is 1. The molecule has 0 spiro atoms. The molecule has 0 saturated heterocycles. The van der Waals surface area contributed by atoms with Crippen LogP contribution in [0, 0.1) is 28.4 Å². The molecule has 2 rings (SSSR count). The Kier molecular flexibility index (Phi) is 6.26. The van der Waals surface area contributed by atoms with Gasteiger partial charge in [0.1, 0.15) is 11.7 Å². The molecule has 0 bridgehead atoms. The van der Waals surface area contributed by atoms with Crippen molar-refractivity contribution in [2.75, 3.05) is 11.4 Å². The highest BCUT2D eigenvalue weighted by Crippen LogP contribution is 2.32. The van der Waals surface area contributed by atoms with E-state index in [2.05, 4.69) is 16.3 Å². The van der Waals surface area contributed by atoms with E-state index in [1.54, 1.807) is 0 Å². The van der Waals surface area contributed by atoms with E-state index >= 15 is 0 Å². The van der Waals surface area contributed by atoms with Crippen molar-refractivity contribution in [3.05, 3.63) is 57.1 Å². The second-order valence-corrected chi connectivity index (χ2v) is 6.06. The van der Waals surface area contributed by atoms with Gasteiger partial charge in [-0.2, -0.15) is 10.4 Å². The van der Waals surface area contributed by atoms with Gasteiger partial charge in [0.15, 0.2) is 0 Å². The molecule has 0 fully saturated rings. The second kappa shape index (κ2) is 8.41. The Labute approximate surface area is 156 Å². The predicted octanol–water partition coefficient (Wildman–Crippen LogP) is 5.71. The largest absolute Gasteiger partial charge is 0.356 e. The van der Waals surface area contributed by atoms with Crippen LogP contribution in [-0.2, 0) is 0 Å². The second-order valence-electron chi connectivity index (χ2n) is 5.65. The van der Waals surface area contributed by atoms with Gasteiger partial charge in [0.25, 0.3) is 5.69 Å². The first-order chi connectivity index (χ1) is 12.4. The third kappa shape index (κ3) is 4.35. The van der Waals surface area contributed by atoms with Gasteiger partial charge in [0.05, 0.1) is 21.7 Å². The number of nitrogens with zero attached hydrogens (tertiary/aromatic N) is 5. The molecule has 0 heterocycles. The van der Waals surface area contributed by atoms with Gasteiger partial charge in [0, 0.05) is 24.4 Å². The molecule has 26 heavy (non-hydrogen) atoms. The van der Waals surface area contributed by atoms with Crippen LogP contribution in [0.2, 0.25) is 5.02 Å². The number of non-ortho nitro benzene ring substituents is 1. The van der Waals surface area contributed by atoms with Crippen LogP contribution < -0.4 is 4.90 Å². The summed E-state index contributed by atoms with van der Waals surface area (Å²) in [5.41, 5.74) is 2.75. The van der Waals surface area contributed by atoms with Gasteiger partial charge in [-0.05, 0) is 50.6 Å². The monoisotopic (exact) mass is 371 g/mol.